The van der Waals surface area contributed by atoms with Crippen LogP contribution in [0.3, 0.4) is 0 Å². The van der Waals surface area contributed by atoms with E-state index in [0.717, 1.165) is 17.1 Å². The molecule has 0 saturated heterocycles. The van der Waals surface area contributed by atoms with Gasteiger partial charge in [0.2, 0.25) is 0 Å². The zero-order valence-electron chi connectivity index (χ0n) is 12.6. The molecule has 2 heterocycles. The Morgan fingerprint density at radius 1 is 1.27 bits per heavy atom. The molecule has 0 radical (unpaired) electrons. The second-order valence-electron chi connectivity index (χ2n) is 4.95. The standard InChI is InChI=1S/C16H16N4O2/c1-11-10-20-9-8-17-14(15(20)18-11)16(21)19(2)12-4-6-13(22-3)7-5-12/h4-10H,1-3H3. The molecule has 22 heavy (non-hydrogen) atoms. The van der Waals surface area contributed by atoms with Crippen LogP contribution >= 0.6 is 0 Å². The highest BCUT2D eigenvalue weighted by Crippen LogP contribution is 2.20. The van der Waals surface area contributed by atoms with Crippen molar-refractivity contribution < 1.29 is 9.53 Å². The van der Waals surface area contributed by atoms with E-state index in [1.165, 1.54) is 0 Å². The SMILES string of the molecule is COc1ccc(N(C)C(=O)c2nccn3cc(C)nc23)cc1. The van der Waals surface area contributed by atoms with Gasteiger partial charge in [-0.15, -0.1) is 0 Å². The van der Waals surface area contributed by atoms with E-state index in [1.54, 1.807) is 35.9 Å². The van der Waals surface area contributed by atoms with E-state index < -0.39 is 0 Å². The van der Waals surface area contributed by atoms with Crippen LogP contribution in [0, 0.1) is 6.92 Å². The minimum Gasteiger partial charge on any atom is -0.497 e. The molecule has 1 amide bonds. The summed E-state index contributed by atoms with van der Waals surface area (Å²) in [6.07, 6.45) is 5.24. The third-order valence-electron chi connectivity index (χ3n) is 3.46. The van der Waals surface area contributed by atoms with Gasteiger partial charge in [0.1, 0.15) is 5.75 Å². The van der Waals surface area contributed by atoms with Crippen molar-refractivity contribution in [1.82, 2.24) is 14.4 Å². The second kappa shape index (κ2) is 5.48. The normalized spacial score (nSPS) is 10.7. The predicted molar refractivity (Wildman–Crippen MR) is 83.5 cm³/mol. The number of imidazole rings is 1. The third kappa shape index (κ3) is 2.39. The number of methoxy groups -OCH3 is 1. The van der Waals surface area contributed by atoms with Gasteiger partial charge in [-0.25, -0.2) is 9.97 Å². The number of nitrogens with zero attached hydrogens (tertiary/aromatic N) is 4. The molecule has 0 N–H and O–H groups in total. The van der Waals surface area contributed by atoms with E-state index in [-0.39, 0.29) is 5.91 Å². The molecule has 0 aliphatic heterocycles. The van der Waals surface area contributed by atoms with E-state index >= 15 is 0 Å². The summed E-state index contributed by atoms with van der Waals surface area (Å²) in [7, 11) is 3.32. The minimum absolute atomic E-state index is 0.207. The number of fused-ring (bicyclic) bond motifs is 1. The number of amides is 1. The Kier molecular flexibility index (Phi) is 3.50. The van der Waals surface area contributed by atoms with Crippen molar-refractivity contribution in [2.24, 2.45) is 0 Å². The Labute approximate surface area is 128 Å². The number of hydrogen-bond acceptors (Lipinski definition) is 4. The van der Waals surface area contributed by atoms with Crippen molar-refractivity contribution in [1.29, 1.82) is 0 Å². The Morgan fingerprint density at radius 3 is 2.68 bits per heavy atom. The molecule has 0 fully saturated rings. The van der Waals surface area contributed by atoms with Gasteiger partial charge in [-0.2, -0.15) is 0 Å². The van der Waals surface area contributed by atoms with Gasteiger partial charge in [0.05, 0.1) is 12.8 Å². The first-order valence-electron chi connectivity index (χ1n) is 6.82. The van der Waals surface area contributed by atoms with Crippen LogP contribution in [-0.2, 0) is 0 Å². The highest BCUT2D eigenvalue weighted by molar-refractivity contribution is 6.08. The zero-order chi connectivity index (χ0) is 15.7. The van der Waals surface area contributed by atoms with Gasteiger partial charge < -0.3 is 14.0 Å². The average molecular weight is 296 g/mol. The lowest BCUT2D eigenvalue weighted by Gasteiger charge is -2.17. The summed E-state index contributed by atoms with van der Waals surface area (Å²) in [5, 5.41) is 0. The van der Waals surface area contributed by atoms with Crippen LogP contribution in [0.1, 0.15) is 16.2 Å². The van der Waals surface area contributed by atoms with Crippen LogP contribution in [-0.4, -0.2) is 34.4 Å². The van der Waals surface area contributed by atoms with Crippen LogP contribution in [0.2, 0.25) is 0 Å². The first kappa shape index (κ1) is 14.1. The van der Waals surface area contributed by atoms with Gasteiger partial charge in [-0.3, -0.25) is 4.79 Å². The number of rotatable bonds is 3. The Balaban J connectivity index is 1.97. The van der Waals surface area contributed by atoms with Gasteiger partial charge >= 0.3 is 0 Å². The summed E-state index contributed by atoms with van der Waals surface area (Å²) in [5.41, 5.74) is 2.49. The molecule has 3 aromatic rings. The molecule has 0 aliphatic carbocycles. The van der Waals surface area contributed by atoms with Gasteiger partial charge in [-0.05, 0) is 31.2 Å². The van der Waals surface area contributed by atoms with Crippen LogP contribution in [0.4, 0.5) is 5.69 Å². The van der Waals surface area contributed by atoms with Gasteiger partial charge in [0.15, 0.2) is 11.3 Å². The third-order valence-corrected chi connectivity index (χ3v) is 3.46. The van der Waals surface area contributed by atoms with E-state index in [2.05, 4.69) is 9.97 Å². The van der Waals surface area contributed by atoms with Crippen molar-refractivity contribution in [2.45, 2.75) is 6.92 Å². The number of aryl methyl sites for hydroxylation is 1. The van der Waals surface area contributed by atoms with E-state index in [4.69, 9.17) is 4.74 Å². The molecule has 0 unspecified atom stereocenters. The number of aromatic nitrogens is 3. The topological polar surface area (TPSA) is 59.7 Å². The molecular weight excluding hydrogens is 280 g/mol. The lowest BCUT2D eigenvalue weighted by Crippen LogP contribution is -2.27. The molecule has 0 saturated carbocycles. The van der Waals surface area contributed by atoms with Crippen LogP contribution < -0.4 is 9.64 Å². The fourth-order valence-corrected chi connectivity index (χ4v) is 2.28. The lowest BCUT2D eigenvalue weighted by molar-refractivity contribution is 0.0989. The molecule has 0 atom stereocenters. The van der Waals surface area contributed by atoms with Crippen molar-refractivity contribution in [3.05, 3.63) is 54.2 Å². The fraction of sp³-hybridized carbons (Fsp3) is 0.188. The van der Waals surface area contributed by atoms with E-state index in [1.807, 2.05) is 37.4 Å². The molecule has 112 valence electrons. The largest absolute Gasteiger partial charge is 0.497 e. The average Bonchev–Trinajstić information content (AvgIpc) is 2.93. The first-order chi connectivity index (χ1) is 10.6. The van der Waals surface area contributed by atoms with Gasteiger partial charge in [0.25, 0.3) is 5.91 Å². The van der Waals surface area contributed by atoms with Crippen molar-refractivity contribution in [2.75, 3.05) is 19.1 Å². The van der Waals surface area contributed by atoms with Crippen LogP contribution in [0.15, 0.2) is 42.9 Å². The molecule has 6 nitrogen and oxygen atoms in total. The number of anilines is 1. The van der Waals surface area contributed by atoms with Crippen LogP contribution in [0.5, 0.6) is 5.75 Å². The molecule has 0 bridgehead atoms. The maximum Gasteiger partial charge on any atom is 0.280 e. The molecule has 0 aliphatic rings. The number of ether oxygens (including phenoxy) is 1. The zero-order valence-corrected chi connectivity index (χ0v) is 12.6. The molecule has 0 spiro atoms. The number of hydrogen-bond donors (Lipinski definition) is 0. The van der Waals surface area contributed by atoms with Crippen LogP contribution in [0.25, 0.3) is 5.65 Å². The summed E-state index contributed by atoms with van der Waals surface area (Å²) in [4.78, 5) is 22.8. The van der Waals surface area contributed by atoms with E-state index in [9.17, 15) is 4.79 Å². The maximum absolute atomic E-state index is 12.7. The molecule has 3 rings (SSSR count). The monoisotopic (exact) mass is 296 g/mol. The molecule has 6 heteroatoms. The molecule has 1 aromatic carbocycles. The molecular formula is C16H16N4O2. The smallest absolute Gasteiger partial charge is 0.280 e. The minimum atomic E-state index is -0.207. The van der Waals surface area contributed by atoms with E-state index in [0.29, 0.717) is 11.3 Å². The van der Waals surface area contributed by atoms with Crippen molar-refractivity contribution in [3.8, 4) is 5.75 Å². The number of benzene rings is 1. The Bertz CT molecular complexity index is 824. The highest BCUT2D eigenvalue weighted by Gasteiger charge is 2.19. The Hall–Kier alpha value is -2.89. The highest BCUT2D eigenvalue weighted by atomic mass is 16.5. The summed E-state index contributed by atoms with van der Waals surface area (Å²) in [6, 6.07) is 7.28. The van der Waals surface area contributed by atoms with Crippen molar-refractivity contribution in [3.63, 3.8) is 0 Å². The fourth-order valence-electron chi connectivity index (χ4n) is 2.28. The first-order valence-corrected chi connectivity index (χ1v) is 6.82. The number of carbonyl (C=O) groups is 1. The van der Waals surface area contributed by atoms with Crippen molar-refractivity contribution >= 4 is 17.2 Å². The van der Waals surface area contributed by atoms with Gasteiger partial charge in [-0.1, -0.05) is 0 Å². The maximum atomic E-state index is 12.7. The summed E-state index contributed by atoms with van der Waals surface area (Å²) >= 11 is 0. The summed E-state index contributed by atoms with van der Waals surface area (Å²) < 4.78 is 6.93. The quantitative estimate of drug-likeness (QED) is 0.744. The summed E-state index contributed by atoms with van der Waals surface area (Å²) in [5.74, 6) is 0.537. The predicted octanol–water partition coefficient (Wildman–Crippen LogP) is 2.32. The lowest BCUT2D eigenvalue weighted by atomic mass is 10.2. The second-order valence-corrected chi connectivity index (χ2v) is 4.95. The molecule has 2 aromatic heterocycles. The summed E-state index contributed by atoms with van der Waals surface area (Å²) in [6.45, 7) is 1.88. The number of carbonyl (C=O) groups excluding carboxylic acids is 1. The Morgan fingerprint density at radius 2 is 2.00 bits per heavy atom. The van der Waals surface area contributed by atoms with Gasteiger partial charge in [0, 0.05) is 31.3 Å².